The number of ether oxygens (including phenoxy) is 4. The molecular formula is C20H32O4. The Hall–Kier alpha value is -1.52. The molecule has 0 aliphatic heterocycles. The zero-order valence-electron chi connectivity index (χ0n) is 15.2. The summed E-state index contributed by atoms with van der Waals surface area (Å²) in [6.07, 6.45) is 6.24. The van der Waals surface area contributed by atoms with Crippen molar-refractivity contribution in [3.8, 4) is 11.5 Å². The van der Waals surface area contributed by atoms with E-state index in [4.69, 9.17) is 18.9 Å². The van der Waals surface area contributed by atoms with E-state index in [9.17, 15) is 0 Å². The lowest BCUT2D eigenvalue weighted by atomic mass is 10.2. The fourth-order valence-electron chi connectivity index (χ4n) is 2.00. The van der Waals surface area contributed by atoms with Crippen LogP contribution in [0.15, 0.2) is 24.8 Å². The van der Waals surface area contributed by atoms with Gasteiger partial charge in [0.25, 0.3) is 0 Å². The van der Waals surface area contributed by atoms with Crippen LogP contribution in [0.1, 0.15) is 45.1 Å². The van der Waals surface area contributed by atoms with Crippen molar-refractivity contribution >= 4 is 6.08 Å². The second-order valence-corrected chi connectivity index (χ2v) is 5.54. The summed E-state index contributed by atoms with van der Waals surface area (Å²) in [6, 6.07) is 5.81. The Morgan fingerprint density at radius 2 is 1.38 bits per heavy atom. The standard InChI is InChI=1S/C20H32O4/c1-4-7-11-21-13-15-23-19-10-9-18(6-3)17-20(19)24-16-14-22-12-8-5-2/h6,9-10,17H,3-5,7-8,11-16H2,1-2H3. The van der Waals surface area contributed by atoms with E-state index in [2.05, 4.69) is 20.4 Å². The van der Waals surface area contributed by atoms with Gasteiger partial charge in [0.2, 0.25) is 0 Å². The van der Waals surface area contributed by atoms with Crippen LogP contribution in [-0.2, 0) is 9.47 Å². The molecule has 0 atom stereocenters. The minimum absolute atomic E-state index is 0.508. The monoisotopic (exact) mass is 336 g/mol. The molecule has 4 nitrogen and oxygen atoms in total. The highest BCUT2D eigenvalue weighted by Gasteiger charge is 2.06. The van der Waals surface area contributed by atoms with E-state index >= 15 is 0 Å². The fraction of sp³-hybridized carbons (Fsp3) is 0.600. The average Bonchev–Trinajstić information content (AvgIpc) is 2.61. The summed E-state index contributed by atoms with van der Waals surface area (Å²) in [4.78, 5) is 0. The van der Waals surface area contributed by atoms with Crippen molar-refractivity contribution in [2.45, 2.75) is 39.5 Å². The van der Waals surface area contributed by atoms with E-state index in [1.807, 2.05) is 18.2 Å². The molecule has 1 rings (SSSR count). The molecule has 136 valence electrons. The molecule has 0 amide bonds. The molecule has 0 unspecified atom stereocenters. The van der Waals surface area contributed by atoms with Crippen molar-refractivity contribution in [3.63, 3.8) is 0 Å². The van der Waals surface area contributed by atoms with E-state index in [1.54, 1.807) is 6.08 Å². The highest BCUT2D eigenvalue weighted by molar-refractivity contribution is 5.54. The maximum Gasteiger partial charge on any atom is 0.161 e. The quantitative estimate of drug-likeness (QED) is 0.434. The molecule has 1 aromatic carbocycles. The first-order chi connectivity index (χ1) is 11.8. The Kier molecular flexibility index (Phi) is 11.9. The third kappa shape index (κ3) is 8.94. The van der Waals surface area contributed by atoms with Gasteiger partial charge >= 0.3 is 0 Å². The van der Waals surface area contributed by atoms with Gasteiger partial charge in [-0.1, -0.05) is 45.4 Å². The zero-order chi connectivity index (χ0) is 17.5. The normalized spacial score (nSPS) is 10.6. The van der Waals surface area contributed by atoms with Gasteiger partial charge in [-0.3, -0.25) is 0 Å². The predicted molar refractivity (Wildman–Crippen MR) is 99.0 cm³/mol. The van der Waals surface area contributed by atoms with E-state index < -0.39 is 0 Å². The average molecular weight is 336 g/mol. The first-order valence-electron chi connectivity index (χ1n) is 8.99. The van der Waals surface area contributed by atoms with Gasteiger partial charge in [-0.15, -0.1) is 0 Å². The lowest BCUT2D eigenvalue weighted by molar-refractivity contribution is 0.0892. The summed E-state index contributed by atoms with van der Waals surface area (Å²) >= 11 is 0. The van der Waals surface area contributed by atoms with Gasteiger partial charge in [-0.05, 0) is 30.5 Å². The van der Waals surface area contributed by atoms with Crippen molar-refractivity contribution in [2.24, 2.45) is 0 Å². The number of unbranched alkanes of at least 4 members (excludes halogenated alkanes) is 2. The predicted octanol–water partition coefficient (Wildman–Crippen LogP) is 4.72. The van der Waals surface area contributed by atoms with Gasteiger partial charge in [0.05, 0.1) is 13.2 Å². The Morgan fingerprint density at radius 1 is 0.792 bits per heavy atom. The first kappa shape index (κ1) is 20.5. The fourth-order valence-corrected chi connectivity index (χ4v) is 2.00. The molecule has 0 fully saturated rings. The van der Waals surface area contributed by atoms with Crippen LogP contribution in [0.2, 0.25) is 0 Å². The summed E-state index contributed by atoms with van der Waals surface area (Å²) in [6.45, 7) is 11.9. The largest absolute Gasteiger partial charge is 0.487 e. The number of rotatable bonds is 15. The van der Waals surface area contributed by atoms with Gasteiger partial charge < -0.3 is 18.9 Å². The molecule has 0 aliphatic rings. The molecule has 0 aromatic heterocycles. The molecule has 0 heterocycles. The van der Waals surface area contributed by atoms with Crippen molar-refractivity contribution in [3.05, 3.63) is 30.3 Å². The molecule has 0 N–H and O–H groups in total. The first-order valence-corrected chi connectivity index (χ1v) is 8.99. The summed E-state index contributed by atoms with van der Waals surface area (Å²) < 4.78 is 22.6. The Morgan fingerprint density at radius 3 is 1.92 bits per heavy atom. The second kappa shape index (κ2) is 13.9. The smallest absolute Gasteiger partial charge is 0.161 e. The Bertz CT molecular complexity index is 445. The SMILES string of the molecule is C=Cc1ccc(OCCOCCCC)c(OCCOCCCC)c1. The molecule has 1 aromatic rings. The van der Waals surface area contributed by atoms with E-state index in [1.165, 1.54) is 0 Å². The number of benzene rings is 1. The molecule has 0 saturated carbocycles. The number of hydrogen-bond acceptors (Lipinski definition) is 4. The van der Waals surface area contributed by atoms with Gasteiger partial charge in [0.1, 0.15) is 13.2 Å². The lowest BCUT2D eigenvalue weighted by Crippen LogP contribution is -2.10. The second-order valence-electron chi connectivity index (χ2n) is 5.54. The van der Waals surface area contributed by atoms with Crippen molar-refractivity contribution in [1.29, 1.82) is 0 Å². The van der Waals surface area contributed by atoms with Gasteiger partial charge in [0, 0.05) is 13.2 Å². The maximum atomic E-state index is 5.82. The molecule has 4 heteroatoms. The molecule has 0 bridgehead atoms. The van der Waals surface area contributed by atoms with Crippen molar-refractivity contribution in [2.75, 3.05) is 39.6 Å². The van der Waals surface area contributed by atoms with Crippen LogP contribution in [0, 0.1) is 0 Å². The van der Waals surface area contributed by atoms with Crippen LogP contribution in [0.25, 0.3) is 6.08 Å². The Balaban J connectivity index is 2.40. The Labute approximate surface area is 146 Å². The highest BCUT2D eigenvalue weighted by Crippen LogP contribution is 2.28. The summed E-state index contributed by atoms with van der Waals surface area (Å²) in [5, 5.41) is 0. The molecular weight excluding hydrogens is 304 g/mol. The van der Waals surface area contributed by atoms with Gasteiger partial charge in [-0.25, -0.2) is 0 Å². The van der Waals surface area contributed by atoms with Crippen LogP contribution in [0.3, 0.4) is 0 Å². The minimum Gasteiger partial charge on any atom is -0.487 e. The van der Waals surface area contributed by atoms with Crippen LogP contribution < -0.4 is 9.47 Å². The summed E-state index contributed by atoms with van der Waals surface area (Å²) in [5.74, 6) is 1.45. The van der Waals surface area contributed by atoms with E-state index in [0.717, 1.165) is 56.0 Å². The zero-order valence-corrected chi connectivity index (χ0v) is 15.2. The van der Waals surface area contributed by atoms with Crippen LogP contribution >= 0.6 is 0 Å². The van der Waals surface area contributed by atoms with E-state index in [0.29, 0.717) is 26.4 Å². The van der Waals surface area contributed by atoms with Crippen molar-refractivity contribution in [1.82, 2.24) is 0 Å². The number of hydrogen-bond donors (Lipinski definition) is 0. The van der Waals surface area contributed by atoms with Crippen LogP contribution in [0.4, 0.5) is 0 Å². The van der Waals surface area contributed by atoms with Crippen molar-refractivity contribution < 1.29 is 18.9 Å². The van der Waals surface area contributed by atoms with Gasteiger partial charge in [0.15, 0.2) is 11.5 Å². The third-order valence-corrected chi connectivity index (χ3v) is 3.46. The molecule has 0 radical (unpaired) electrons. The highest BCUT2D eigenvalue weighted by atomic mass is 16.6. The van der Waals surface area contributed by atoms with E-state index in [-0.39, 0.29) is 0 Å². The molecule has 0 spiro atoms. The minimum atomic E-state index is 0.508. The molecule has 24 heavy (non-hydrogen) atoms. The topological polar surface area (TPSA) is 36.9 Å². The lowest BCUT2D eigenvalue weighted by Gasteiger charge is -2.14. The summed E-state index contributed by atoms with van der Waals surface area (Å²) in [7, 11) is 0. The van der Waals surface area contributed by atoms with Gasteiger partial charge in [-0.2, -0.15) is 0 Å². The molecule has 0 aliphatic carbocycles. The van der Waals surface area contributed by atoms with Crippen LogP contribution in [0.5, 0.6) is 11.5 Å². The van der Waals surface area contributed by atoms with Crippen LogP contribution in [-0.4, -0.2) is 39.6 Å². The summed E-state index contributed by atoms with van der Waals surface area (Å²) in [5.41, 5.74) is 1.00. The maximum absolute atomic E-state index is 5.82. The molecule has 0 saturated heterocycles. The third-order valence-electron chi connectivity index (χ3n) is 3.46.